The van der Waals surface area contributed by atoms with Gasteiger partial charge in [0, 0.05) is 11.3 Å². The fourth-order valence-electron chi connectivity index (χ4n) is 2.66. The van der Waals surface area contributed by atoms with E-state index in [0.717, 1.165) is 22.1 Å². The minimum absolute atomic E-state index is 0.258. The van der Waals surface area contributed by atoms with Crippen LogP contribution in [-0.2, 0) is 5.75 Å². The molecule has 4 aromatic rings. The number of hydrogen-bond donors (Lipinski definition) is 0. The Hall–Kier alpha value is -2.41. The monoisotopic (exact) mass is 339 g/mol. The highest BCUT2D eigenvalue weighted by Crippen LogP contribution is 2.27. The summed E-state index contributed by atoms with van der Waals surface area (Å²) in [6.07, 6.45) is 0. The van der Waals surface area contributed by atoms with Gasteiger partial charge in [-0.2, -0.15) is 4.98 Å². The maximum atomic E-state index is 5.30. The summed E-state index contributed by atoms with van der Waals surface area (Å²) in [5, 5.41) is 14.7. The quantitative estimate of drug-likeness (QED) is 0.524. The number of aromatic nitrogens is 5. The molecule has 0 aliphatic carbocycles. The van der Waals surface area contributed by atoms with Gasteiger partial charge in [0.15, 0.2) is 16.6 Å². The Kier molecular flexibility index (Phi) is 3.72. The summed E-state index contributed by atoms with van der Waals surface area (Å²) in [6, 6.07) is 10.3. The van der Waals surface area contributed by atoms with E-state index in [9.17, 15) is 0 Å². The number of pyridine rings is 1. The zero-order valence-electron chi connectivity index (χ0n) is 13.7. The molecule has 24 heavy (non-hydrogen) atoms. The van der Waals surface area contributed by atoms with Gasteiger partial charge in [-0.1, -0.05) is 49.0 Å². The van der Waals surface area contributed by atoms with Gasteiger partial charge in [-0.25, -0.2) is 0 Å². The second-order valence-electron chi connectivity index (χ2n) is 6.01. The largest absolute Gasteiger partial charge is 0.338 e. The van der Waals surface area contributed by atoms with Gasteiger partial charge in [-0.15, -0.1) is 10.2 Å². The molecule has 0 aliphatic heterocycles. The predicted molar refractivity (Wildman–Crippen MR) is 93.2 cm³/mol. The molecule has 3 aromatic heterocycles. The summed E-state index contributed by atoms with van der Waals surface area (Å²) < 4.78 is 7.38. The molecule has 0 atom stereocenters. The molecule has 0 N–H and O–H groups in total. The minimum Gasteiger partial charge on any atom is -0.338 e. The van der Waals surface area contributed by atoms with Crippen LogP contribution in [0.1, 0.15) is 37.0 Å². The first-order chi connectivity index (χ1) is 11.6. The lowest BCUT2D eigenvalue weighted by molar-refractivity contribution is 0.383. The van der Waals surface area contributed by atoms with E-state index in [1.807, 2.05) is 26.0 Å². The van der Waals surface area contributed by atoms with Crippen LogP contribution in [0.5, 0.6) is 0 Å². The van der Waals surface area contributed by atoms with Crippen molar-refractivity contribution in [2.75, 3.05) is 0 Å². The van der Waals surface area contributed by atoms with Crippen LogP contribution >= 0.6 is 11.8 Å². The lowest BCUT2D eigenvalue weighted by atomic mass is 10.1. The number of nitrogens with zero attached hydrogens (tertiary/aromatic N) is 5. The lowest BCUT2D eigenvalue weighted by Gasteiger charge is -2.06. The van der Waals surface area contributed by atoms with Gasteiger partial charge < -0.3 is 4.52 Å². The molecular weight excluding hydrogens is 322 g/mol. The molecule has 0 spiro atoms. The predicted octanol–water partition coefficient (Wildman–Crippen LogP) is 3.99. The van der Waals surface area contributed by atoms with Crippen molar-refractivity contribution in [3.8, 4) is 0 Å². The third kappa shape index (κ3) is 2.54. The third-order valence-corrected chi connectivity index (χ3v) is 4.81. The minimum atomic E-state index is 0.258. The van der Waals surface area contributed by atoms with E-state index < -0.39 is 0 Å². The van der Waals surface area contributed by atoms with Crippen LogP contribution in [0, 0.1) is 6.92 Å². The van der Waals surface area contributed by atoms with E-state index in [1.54, 1.807) is 11.8 Å². The maximum Gasteiger partial charge on any atom is 0.237 e. The van der Waals surface area contributed by atoms with E-state index >= 15 is 0 Å². The molecule has 0 radical (unpaired) electrons. The standard InChI is InChI=1S/C17H17N5OS/c1-10(2)16-18-15(23-21-16)9-24-17-20-19-14-8-11(3)12-6-4-5-7-13(12)22(14)17/h4-8,10H,9H2,1-3H3. The molecule has 3 heterocycles. The van der Waals surface area contributed by atoms with Crippen LogP contribution in [0.4, 0.5) is 0 Å². The summed E-state index contributed by atoms with van der Waals surface area (Å²) in [7, 11) is 0. The van der Waals surface area contributed by atoms with Crippen molar-refractivity contribution >= 4 is 28.3 Å². The smallest absolute Gasteiger partial charge is 0.237 e. The Morgan fingerprint density at radius 2 is 2.04 bits per heavy atom. The Morgan fingerprint density at radius 1 is 1.21 bits per heavy atom. The van der Waals surface area contributed by atoms with Crippen molar-refractivity contribution in [2.45, 2.75) is 37.6 Å². The van der Waals surface area contributed by atoms with E-state index in [4.69, 9.17) is 4.52 Å². The third-order valence-electron chi connectivity index (χ3n) is 3.90. The highest BCUT2D eigenvalue weighted by molar-refractivity contribution is 7.98. The van der Waals surface area contributed by atoms with Crippen LogP contribution in [-0.4, -0.2) is 24.7 Å². The van der Waals surface area contributed by atoms with E-state index in [1.165, 1.54) is 10.9 Å². The van der Waals surface area contributed by atoms with Crippen molar-refractivity contribution in [3.05, 3.63) is 47.6 Å². The number of thioether (sulfide) groups is 1. The molecule has 6 nitrogen and oxygen atoms in total. The highest BCUT2D eigenvalue weighted by Gasteiger charge is 2.14. The number of para-hydroxylation sites is 1. The highest BCUT2D eigenvalue weighted by atomic mass is 32.2. The van der Waals surface area contributed by atoms with Crippen LogP contribution < -0.4 is 0 Å². The van der Waals surface area contributed by atoms with Crippen LogP contribution in [0.15, 0.2) is 40.0 Å². The second kappa shape index (κ2) is 5.90. The van der Waals surface area contributed by atoms with Crippen LogP contribution in [0.2, 0.25) is 0 Å². The van der Waals surface area contributed by atoms with Crippen LogP contribution in [0.3, 0.4) is 0 Å². The Labute approximate surface area is 143 Å². The zero-order valence-corrected chi connectivity index (χ0v) is 14.5. The number of fused-ring (bicyclic) bond motifs is 3. The second-order valence-corrected chi connectivity index (χ2v) is 6.95. The van der Waals surface area contributed by atoms with Crippen LogP contribution in [0.25, 0.3) is 16.6 Å². The summed E-state index contributed by atoms with van der Waals surface area (Å²) in [5.74, 6) is 2.17. The van der Waals surface area contributed by atoms with Gasteiger partial charge in [0.05, 0.1) is 11.3 Å². The first-order valence-corrected chi connectivity index (χ1v) is 8.81. The number of hydrogen-bond acceptors (Lipinski definition) is 6. The van der Waals surface area contributed by atoms with E-state index in [-0.39, 0.29) is 5.92 Å². The summed E-state index contributed by atoms with van der Waals surface area (Å²) in [6.45, 7) is 6.18. The van der Waals surface area contributed by atoms with E-state index in [0.29, 0.717) is 11.6 Å². The Balaban J connectivity index is 1.70. The lowest BCUT2D eigenvalue weighted by Crippen LogP contribution is -1.94. The molecular formula is C17H17N5OS. The SMILES string of the molecule is Cc1cc2nnc(SCc3nc(C(C)C)no3)n2c2ccccc12. The van der Waals surface area contributed by atoms with Crippen molar-refractivity contribution in [1.29, 1.82) is 0 Å². The first-order valence-electron chi connectivity index (χ1n) is 7.82. The molecule has 122 valence electrons. The number of aryl methyl sites for hydroxylation is 1. The van der Waals surface area contributed by atoms with Crippen molar-refractivity contribution in [2.24, 2.45) is 0 Å². The number of benzene rings is 1. The molecule has 0 aliphatic rings. The molecule has 1 aromatic carbocycles. The summed E-state index contributed by atoms with van der Waals surface area (Å²) in [4.78, 5) is 4.41. The zero-order chi connectivity index (χ0) is 16.7. The average molecular weight is 339 g/mol. The Morgan fingerprint density at radius 3 is 2.83 bits per heavy atom. The van der Waals surface area contributed by atoms with Gasteiger partial charge >= 0.3 is 0 Å². The summed E-state index contributed by atoms with van der Waals surface area (Å²) in [5.41, 5.74) is 3.15. The van der Waals surface area contributed by atoms with E-state index in [2.05, 4.69) is 49.9 Å². The summed E-state index contributed by atoms with van der Waals surface area (Å²) >= 11 is 1.55. The van der Waals surface area contributed by atoms with Crippen molar-refractivity contribution in [3.63, 3.8) is 0 Å². The fraction of sp³-hybridized carbons (Fsp3) is 0.294. The van der Waals surface area contributed by atoms with Gasteiger partial charge in [-0.05, 0) is 24.6 Å². The number of rotatable bonds is 4. The van der Waals surface area contributed by atoms with Gasteiger partial charge in [-0.3, -0.25) is 4.40 Å². The molecule has 0 fully saturated rings. The Bertz CT molecular complexity index is 1020. The molecule has 0 saturated carbocycles. The topological polar surface area (TPSA) is 69.1 Å². The molecule has 0 saturated heterocycles. The average Bonchev–Trinajstić information content (AvgIpc) is 3.20. The molecule has 4 rings (SSSR count). The normalized spacial score (nSPS) is 11.8. The molecule has 0 amide bonds. The maximum absolute atomic E-state index is 5.30. The first kappa shape index (κ1) is 15.1. The van der Waals surface area contributed by atoms with Gasteiger partial charge in [0.25, 0.3) is 0 Å². The molecule has 7 heteroatoms. The van der Waals surface area contributed by atoms with Gasteiger partial charge in [0.2, 0.25) is 5.89 Å². The molecule has 0 bridgehead atoms. The van der Waals surface area contributed by atoms with Crippen molar-refractivity contribution < 1.29 is 4.52 Å². The van der Waals surface area contributed by atoms with Crippen molar-refractivity contribution in [1.82, 2.24) is 24.7 Å². The van der Waals surface area contributed by atoms with Gasteiger partial charge in [0.1, 0.15) is 0 Å². The fourth-order valence-corrected chi connectivity index (χ4v) is 3.45. The molecule has 0 unspecified atom stereocenters.